The smallest absolute Gasteiger partial charge is 0.308 e. The molecule has 0 fully saturated rings. The number of aromatic nitrogens is 1. The molecule has 0 radical (unpaired) electrons. The number of hydrogen-bond donors (Lipinski definition) is 2. The average Bonchev–Trinajstić information content (AvgIpc) is 3.05. The van der Waals surface area contributed by atoms with E-state index in [4.69, 9.17) is 5.11 Å². The summed E-state index contributed by atoms with van der Waals surface area (Å²) in [6, 6.07) is 3.95. The summed E-state index contributed by atoms with van der Waals surface area (Å²) in [7, 11) is 0. The van der Waals surface area contributed by atoms with Gasteiger partial charge in [-0.2, -0.15) is 0 Å². The minimum atomic E-state index is -0.918. The lowest BCUT2D eigenvalue weighted by molar-refractivity contribution is -0.141. The first-order chi connectivity index (χ1) is 9.56. The van der Waals surface area contributed by atoms with Gasteiger partial charge in [0.15, 0.2) is 0 Å². The van der Waals surface area contributed by atoms with Crippen LogP contribution in [0.4, 0.5) is 0 Å². The molecule has 0 aliphatic rings. The van der Waals surface area contributed by atoms with Gasteiger partial charge in [-0.15, -0.1) is 22.7 Å². The van der Waals surface area contributed by atoms with Gasteiger partial charge in [-0.05, 0) is 11.4 Å². The van der Waals surface area contributed by atoms with Crippen molar-refractivity contribution < 1.29 is 14.7 Å². The third-order valence-corrected chi connectivity index (χ3v) is 4.58. The number of carbonyl (C=O) groups excluding carboxylic acids is 1. The Balaban J connectivity index is 1.87. The van der Waals surface area contributed by atoms with Crippen LogP contribution in [-0.2, 0) is 16.0 Å². The van der Waals surface area contributed by atoms with Gasteiger partial charge in [-0.1, -0.05) is 13.0 Å². The molecule has 0 aromatic carbocycles. The van der Waals surface area contributed by atoms with Gasteiger partial charge in [-0.25, -0.2) is 4.98 Å². The molecule has 5 nitrogen and oxygen atoms in total. The van der Waals surface area contributed by atoms with Crippen LogP contribution in [0.3, 0.4) is 0 Å². The molecule has 7 heteroatoms. The van der Waals surface area contributed by atoms with E-state index >= 15 is 0 Å². The molecule has 20 heavy (non-hydrogen) atoms. The van der Waals surface area contributed by atoms with Gasteiger partial charge < -0.3 is 10.4 Å². The van der Waals surface area contributed by atoms with Crippen molar-refractivity contribution in [1.82, 2.24) is 10.3 Å². The third-order valence-electron chi connectivity index (χ3n) is 2.65. The molecule has 106 valence electrons. The zero-order valence-electron chi connectivity index (χ0n) is 10.8. The van der Waals surface area contributed by atoms with Crippen LogP contribution >= 0.6 is 22.7 Å². The number of carboxylic acid groups (broad SMARTS) is 1. The van der Waals surface area contributed by atoms with Crippen molar-refractivity contribution in [2.75, 3.05) is 6.54 Å². The maximum absolute atomic E-state index is 11.7. The molecule has 0 bridgehead atoms. The Hall–Kier alpha value is -1.73. The number of rotatable bonds is 6. The van der Waals surface area contributed by atoms with Crippen molar-refractivity contribution in [3.05, 3.63) is 28.6 Å². The average molecular weight is 310 g/mol. The summed E-state index contributed by atoms with van der Waals surface area (Å²) < 4.78 is 0. The lowest BCUT2D eigenvalue weighted by Crippen LogP contribution is -2.32. The van der Waals surface area contributed by atoms with E-state index in [-0.39, 0.29) is 18.9 Å². The molecule has 0 saturated heterocycles. The Kier molecular flexibility index (Phi) is 4.86. The molecule has 0 aliphatic heterocycles. The molecule has 0 aliphatic carbocycles. The maximum atomic E-state index is 11.7. The number of nitrogens with zero attached hydrogens (tertiary/aromatic N) is 1. The molecule has 1 amide bonds. The first kappa shape index (κ1) is 14.7. The molecule has 2 heterocycles. The molecule has 0 saturated carbocycles. The minimum Gasteiger partial charge on any atom is -0.481 e. The van der Waals surface area contributed by atoms with Gasteiger partial charge in [0.1, 0.15) is 5.01 Å². The Bertz CT molecular complexity index is 593. The molecule has 0 spiro atoms. The molecule has 2 N–H and O–H groups in total. The molecular weight excluding hydrogens is 296 g/mol. The second-order valence-electron chi connectivity index (χ2n) is 4.34. The van der Waals surface area contributed by atoms with Crippen molar-refractivity contribution in [1.29, 1.82) is 0 Å². The van der Waals surface area contributed by atoms with Crippen molar-refractivity contribution in [2.45, 2.75) is 13.3 Å². The van der Waals surface area contributed by atoms with Crippen molar-refractivity contribution in [3.8, 4) is 9.88 Å². The Morgan fingerprint density at radius 2 is 2.25 bits per heavy atom. The van der Waals surface area contributed by atoms with E-state index in [2.05, 4.69) is 10.3 Å². The Labute approximate surface area is 124 Å². The highest BCUT2D eigenvalue weighted by molar-refractivity contribution is 7.20. The molecule has 2 aromatic heterocycles. The normalized spacial score (nSPS) is 12.1. The predicted molar refractivity (Wildman–Crippen MR) is 78.9 cm³/mol. The van der Waals surface area contributed by atoms with Gasteiger partial charge in [-0.3, -0.25) is 9.59 Å². The second kappa shape index (κ2) is 6.62. The fraction of sp³-hybridized carbons (Fsp3) is 0.308. The molecule has 0 unspecified atom stereocenters. The van der Waals surface area contributed by atoms with E-state index in [1.54, 1.807) is 18.3 Å². The Morgan fingerprint density at radius 3 is 2.90 bits per heavy atom. The number of carboxylic acids is 1. The van der Waals surface area contributed by atoms with Crippen LogP contribution in [0.2, 0.25) is 0 Å². The van der Waals surface area contributed by atoms with Crippen molar-refractivity contribution in [2.24, 2.45) is 5.92 Å². The fourth-order valence-corrected chi connectivity index (χ4v) is 3.12. The van der Waals surface area contributed by atoms with E-state index in [0.29, 0.717) is 5.69 Å². The highest BCUT2D eigenvalue weighted by atomic mass is 32.1. The van der Waals surface area contributed by atoms with Crippen LogP contribution in [0, 0.1) is 5.92 Å². The van der Waals surface area contributed by atoms with Crippen LogP contribution in [0.1, 0.15) is 12.6 Å². The van der Waals surface area contributed by atoms with Gasteiger partial charge in [0.05, 0.1) is 22.9 Å². The zero-order chi connectivity index (χ0) is 14.5. The first-order valence-corrected chi connectivity index (χ1v) is 7.80. The summed E-state index contributed by atoms with van der Waals surface area (Å²) in [4.78, 5) is 27.8. The lowest BCUT2D eigenvalue weighted by Gasteiger charge is -2.07. The number of hydrogen-bond acceptors (Lipinski definition) is 5. The van der Waals surface area contributed by atoms with Crippen LogP contribution in [0.15, 0.2) is 22.9 Å². The molecular formula is C13H14N2O3S2. The highest BCUT2D eigenvalue weighted by Crippen LogP contribution is 2.27. The van der Waals surface area contributed by atoms with E-state index < -0.39 is 11.9 Å². The summed E-state index contributed by atoms with van der Waals surface area (Å²) in [5.41, 5.74) is 0.707. The van der Waals surface area contributed by atoms with E-state index in [0.717, 1.165) is 9.88 Å². The van der Waals surface area contributed by atoms with Crippen LogP contribution < -0.4 is 5.32 Å². The maximum Gasteiger partial charge on any atom is 0.308 e. The minimum absolute atomic E-state index is 0.135. The summed E-state index contributed by atoms with van der Waals surface area (Å²) in [5.74, 6) is -1.71. The fourth-order valence-electron chi connectivity index (χ4n) is 1.48. The third kappa shape index (κ3) is 3.88. The quantitative estimate of drug-likeness (QED) is 0.857. The topological polar surface area (TPSA) is 79.3 Å². The van der Waals surface area contributed by atoms with Crippen molar-refractivity contribution in [3.63, 3.8) is 0 Å². The van der Waals surface area contributed by atoms with E-state index in [1.165, 1.54) is 11.3 Å². The van der Waals surface area contributed by atoms with Gasteiger partial charge in [0.2, 0.25) is 5.91 Å². The summed E-state index contributed by atoms with van der Waals surface area (Å²) in [5, 5.41) is 16.1. The zero-order valence-corrected chi connectivity index (χ0v) is 12.5. The van der Waals surface area contributed by atoms with Crippen LogP contribution in [0.5, 0.6) is 0 Å². The lowest BCUT2D eigenvalue weighted by atomic mass is 10.2. The second-order valence-corrected chi connectivity index (χ2v) is 6.15. The van der Waals surface area contributed by atoms with E-state index in [1.807, 2.05) is 22.9 Å². The van der Waals surface area contributed by atoms with Gasteiger partial charge in [0, 0.05) is 11.9 Å². The van der Waals surface area contributed by atoms with Gasteiger partial charge in [0.25, 0.3) is 0 Å². The monoisotopic (exact) mass is 310 g/mol. The Morgan fingerprint density at radius 1 is 1.45 bits per heavy atom. The van der Waals surface area contributed by atoms with Crippen LogP contribution in [0.25, 0.3) is 9.88 Å². The molecule has 2 rings (SSSR count). The highest BCUT2D eigenvalue weighted by Gasteiger charge is 2.13. The number of thiazole rings is 1. The van der Waals surface area contributed by atoms with Crippen LogP contribution in [-0.4, -0.2) is 28.5 Å². The number of carbonyl (C=O) groups is 2. The van der Waals surface area contributed by atoms with Crippen molar-refractivity contribution >= 4 is 34.6 Å². The number of amides is 1. The van der Waals surface area contributed by atoms with E-state index in [9.17, 15) is 9.59 Å². The summed E-state index contributed by atoms with van der Waals surface area (Å²) in [6.07, 6.45) is 0.175. The number of aliphatic carboxylic acids is 1. The summed E-state index contributed by atoms with van der Waals surface area (Å²) in [6.45, 7) is 1.69. The SMILES string of the molecule is C[C@H](CNC(=O)Cc1csc(-c2cccs2)n1)C(=O)O. The number of nitrogens with one attached hydrogen (secondary N) is 1. The predicted octanol–water partition coefficient (Wildman–Crippen LogP) is 2.25. The molecule has 2 aromatic rings. The first-order valence-electron chi connectivity index (χ1n) is 6.04. The standard InChI is InChI=1S/C13H14N2O3S2/c1-8(13(17)18)6-14-11(16)5-9-7-20-12(15-9)10-3-2-4-19-10/h2-4,7-8H,5-6H2,1H3,(H,14,16)(H,17,18)/t8-/m1/s1. The number of thiophene rings is 1. The molecule has 1 atom stereocenters. The largest absolute Gasteiger partial charge is 0.481 e. The summed E-state index contributed by atoms with van der Waals surface area (Å²) >= 11 is 3.11. The van der Waals surface area contributed by atoms with Gasteiger partial charge >= 0.3 is 5.97 Å².